The Morgan fingerprint density at radius 2 is 1.20 bits per heavy atom. The lowest BCUT2D eigenvalue weighted by atomic mass is 10.0. The monoisotopic (exact) mass is 1750 g/mol. The number of ether oxygens (including phenoxy) is 2. The van der Waals surface area contributed by atoms with E-state index in [1.165, 1.54) is 60.4 Å². The summed E-state index contributed by atoms with van der Waals surface area (Å²) >= 11 is 0. The van der Waals surface area contributed by atoms with Gasteiger partial charge in [-0.1, -0.05) is 86.6 Å². The first-order chi connectivity index (χ1) is 59.9. The van der Waals surface area contributed by atoms with Gasteiger partial charge in [0, 0.05) is 69.7 Å². The number of phenolic OH excluding ortho intramolecular Hbond substituents is 2. The van der Waals surface area contributed by atoms with E-state index in [-0.39, 0.29) is 88.1 Å². The summed E-state index contributed by atoms with van der Waals surface area (Å²) in [6.07, 6.45) is -8.79. The predicted molar refractivity (Wildman–Crippen MR) is 473 cm³/mol. The third-order valence-electron chi connectivity index (χ3n) is 20.3. The van der Waals surface area contributed by atoms with E-state index < -0.39 is 255 Å². The number of methoxy groups -OCH3 is 1. The van der Waals surface area contributed by atoms with Crippen LogP contribution < -0.4 is 0 Å². The van der Waals surface area contributed by atoms with Crippen LogP contribution in [0.25, 0.3) is 10.9 Å². The summed E-state index contributed by atoms with van der Waals surface area (Å²) in [6, 6.07) is 4.56. The van der Waals surface area contributed by atoms with Crippen molar-refractivity contribution in [2.75, 3.05) is 33.4 Å². The average molecular weight is 1760 g/mol. The number of fused-ring (bicyclic) bond motifs is 11. The number of aliphatic hydroxyl groups is 16. The van der Waals surface area contributed by atoms with Gasteiger partial charge >= 0.3 is 17.9 Å². The highest BCUT2D eigenvalue weighted by atomic mass is 16.5. The standard InChI is InChI=1S/C85H110N16O25/c1-44(2)35-59-77(115)90-56-19-12-13-33-86-67(107)31-29-57(76(114)97-64(85(123)124)38-50-23-27-54(106)28-24-50)91-75(113)58(30-32-69(109)125-6)92-78(116)61(40-52-39-51-17-10-11-18-55(51)89-52)93-79(117)62(94-80(118)65(43-102)98-81(119)66-20-14-34-101(66)84(122)63(96-74(56)112)37-49-21-25-53(105)26-22-49)41-70(110)126-46(4)72(83(121)95-59)100-82(120)71(45(3)103)99-68(108)42-87-73(111)60(88-47(5)104)36-48-15-8-7-9-16-48/h7-11,15-18,21-28,39,44-46,56-66,71-72,89,102-103,105-106H,12-14,19-20,29-38,40-43H2,1-6H3,(H,86,107)(H,87,111)(H,88,104)(H,90,115)(H,91,113)(H,92,116)(H,93,117)(H,94,118)(H,95,121)(H,96,112)(H,97,114)(H,98,119)(H,99,108)(H,100,120)(H,123,124)/t45-,46+,56+,57?,58?,59+,60?,61+,62?,63+,64+,65+,66?,71?,72?/m1/s1. The second kappa shape index (κ2) is 47.3. The van der Waals surface area contributed by atoms with Crippen molar-refractivity contribution in [1.82, 2.24) is 9.88 Å². The van der Waals surface area contributed by atoms with Gasteiger partial charge in [0.2, 0.25) is 76.7 Å². The highest BCUT2D eigenvalue weighted by molar-refractivity contribution is 5.98. The second-order valence-corrected chi connectivity index (χ2v) is 30.8. The van der Waals surface area contributed by atoms with E-state index in [0.717, 1.165) is 21.0 Å². The molecule has 0 radical (unpaired) electrons. The van der Waals surface area contributed by atoms with Crippen molar-refractivity contribution in [3.63, 3.8) is 0 Å². The van der Waals surface area contributed by atoms with Crippen LogP contribution in [0.4, 0.5) is 0 Å². The summed E-state index contributed by atoms with van der Waals surface area (Å²) in [5.74, 6) is -19.1. The quantitative estimate of drug-likeness (QED) is 0.0148. The zero-order chi connectivity index (χ0) is 92.0. The number of nitrogens with zero attached hydrogens (tertiary/aromatic N) is 15. The Labute approximate surface area is 723 Å². The van der Waals surface area contributed by atoms with Crippen LogP contribution in [-0.2, 0) is 54.3 Å². The number of carboxylic acid groups (broad SMARTS) is 1. The molecule has 3 aliphatic heterocycles. The number of aliphatic carboxylic acids is 1. The molecule has 5 aromatic rings. The van der Waals surface area contributed by atoms with E-state index in [0.29, 0.717) is 27.6 Å². The van der Waals surface area contributed by atoms with Crippen molar-refractivity contribution < 1.29 is 126 Å². The molecule has 7 unspecified atom stereocenters. The molecule has 0 spiro atoms. The van der Waals surface area contributed by atoms with Crippen LogP contribution in [-0.4, -0.2) is 337 Å². The first-order valence-electron chi connectivity index (χ1n) is 40.8. The summed E-state index contributed by atoms with van der Waals surface area (Å²) in [5, 5.41) is 221. The normalized spacial score (nSPS) is 24.1. The molecule has 4 aromatic carbocycles. The summed E-state index contributed by atoms with van der Waals surface area (Å²) in [4.78, 5) is 120. The number of para-hydroxylation sites is 1. The molecule has 20 N–H and O–H groups in total. The molecule has 41 nitrogen and oxygen atoms in total. The molecule has 1 aromatic heterocycles. The third-order valence-corrected chi connectivity index (χ3v) is 20.3. The maximum absolute atomic E-state index is 15.3. The molecule has 2 bridgehead atoms. The van der Waals surface area contributed by atoms with Crippen molar-refractivity contribution in [2.45, 2.75) is 222 Å². The number of hydrogen-bond acceptors (Lipinski definition) is 24. The number of aromatic amines is 1. The molecule has 8 rings (SSSR count). The number of carbonyl (C=O) groups excluding carboxylic acids is 3. The second-order valence-electron chi connectivity index (χ2n) is 30.8. The van der Waals surface area contributed by atoms with E-state index in [4.69, 9.17) is 9.47 Å². The van der Waals surface area contributed by atoms with Crippen LogP contribution >= 0.6 is 0 Å². The lowest BCUT2D eigenvalue weighted by Gasteiger charge is -2.27. The number of carboxylic acids is 1. The fraction of sp³-hybridized carbons (Fsp3) is 0.482. The molecule has 3 aliphatic rings. The highest BCUT2D eigenvalue weighted by Crippen LogP contribution is 2.27. The fourth-order valence-electron chi connectivity index (χ4n) is 13.7. The van der Waals surface area contributed by atoms with Gasteiger partial charge in [0.05, 0.1) is 26.2 Å². The number of rotatable bonds is 25. The van der Waals surface area contributed by atoms with Gasteiger partial charge in [0.15, 0.2) is 36.0 Å². The molecular weight excluding hydrogens is 1650 g/mol. The van der Waals surface area contributed by atoms with E-state index in [1.54, 1.807) is 74.5 Å². The SMILES string of the molecule is COC(=O)CCC1N=C(O)[C@H](Cc2cc3ccccc3[nH]2)N=C(O)C2CC(=O)O[C@@H](C)C(N=C(O)C(N=C(O)CN=C(O)C(Cc3ccccc3)N=C(C)O)[C@@H](C)O)C(O)=N[C@@H](CC(C)C)C(O)=N[C@@H](CCCCN=C(O)CCC(C(O)=N[C@@H](Cc3ccc(O)cc3)C(=O)O)N=C1O)C(O)=N[C@@H](Cc1ccc(O)cc1)C(=O)N1CCCC1C(O)=N[C@@H](CO)C(O)=N2. The van der Waals surface area contributed by atoms with Crippen LogP contribution in [0.5, 0.6) is 11.5 Å². The maximum atomic E-state index is 15.3. The number of hydrogen-bond donors (Lipinski definition) is 20. The lowest BCUT2D eigenvalue weighted by Crippen LogP contribution is -2.46. The van der Waals surface area contributed by atoms with Crippen molar-refractivity contribution in [3.05, 3.63) is 132 Å². The minimum absolute atomic E-state index is 0.0104. The Balaban J connectivity index is 1.39. The molecular formula is C85H110N16O25. The van der Waals surface area contributed by atoms with Gasteiger partial charge in [-0.05, 0) is 130 Å². The van der Waals surface area contributed by atoms with Crippen LogP contribution in [0.1, 0.15) is 128 Å². The number of H-pyrrole nitrogens is 1. The van der Waals surface area contributed by atoms with E-state index in [9.17, 15) is 107 Å². The fourth-order valence-corrected chi connectivity index (χ4v) is 13.7. The van der Waals surface area contributed by atoms with Crippen LogP contribution in [0.2, 0.25) is 0 Å². The number of aliphatic hydroxyl groups excluding tert-OH is 16. The largest absolute Gasteiger partial charge is 0.508 e. The molecule has 4 heterocycles. The molecule has 1 amide bonds. The van der Waals surface area contributed by atoms with Crippen molar-refractivity contribution in [3.8, 4) is 11.5 Å². The van der Waals surface area contributed by atoms with Crippen LogP contribution in [0, 0.1) is 5.92 Å². The molecule has 680 valence electrons. The van der Waals surface area contributed by atoms with Gasteiger partial charge in [-0.2, -0.15) is 0 Å². The Kier molecular flexibility index (Phi) is 36.7. The number of esters is 2. The summed E-state index contributed by atoms with van der Waals surface area (Å²) in [7, 11) is 1.05. The number of nitrogens with one attached hydrogen (secondary N) is 1. The Morgan fingerprint density at radius 3 is 1.85 bits per heavy atom. The maximum Gasteiger partial charge on any atom is 0.328 e. The van der Waals surface area contributed by atoms with Gasteiger partial charge in [-0.25, -0.2) is 69.7 Å². The minimum atomic E-state index is -2.29. The van der Waals surface area contributed by atoms with Gasteiger partial charge in [0.25, 0.3) is 0 Å². The van der Waals surface area contributed by atoms with Crippen molar-refractivity contribution >= 4 is 117 Å². The Bertz CT molecular complexity index is 4950. The van der Waals surface area contributed by atoms with E-state index in [1.807, 2.05) is 0 Å². The summed E-state index contributed by atoms with van der Waals surface area (Å²) in [5.41, 5.74) is 2.16. The molecule has 41 heteroatoms. The van der Waals surface area contributed by atoms with E-state index >= 15 is 9.59 Å². The number of carbonyl (C=O) groups is 4. The zero-order valence-electron chi connectivity index (χ0n) is 70.2. The van der Waals surface area contributed by atoms with Gasteiger partial charge in [-0.3, -0.25) is 19.4 Å². The number of aliphatic imine (C=N–C) groups is 14. The first-order valence-corrected chi connectivity index (χ1v) is 40.8. The molecule has 1 fully saturated rings. The smallest absolute Gasteiger partial charge is 0.328 e. The van der Waals surface area contributed by atoms with E-state index in [2.05, 4.69) is 74.9 Å². The number of benzene rings is 4. The number of amides is 1. The number of aromatic hydroxyl groups is 2. The van der Waals surface area contributed by atoms with Gasteiger partial charge < -0.3 is 116 Å². The summed E-state index contributed by atoms with van der Waals surface area (Å²) in [6.45, 7) is 4.43. The lowest BCUT2D eigenvalue weighted by molar-refractivity contribution is -0.148. The van der Waals surface area contributed by atoms with Crippen molar-refractivity contribution in [2.24, 2.45) is 75.8 Å². The first kappa shape index (κ1) is 97.8. The number of phenols is 2. The minimum Gasteiger partial charge on any atom is -0.508 e. The van der Waals surface area contributed by atoms with Gasteiger partial charge in [0.1, 0.15) is 78.5 Å². The molecule has 0 aliphatic carbocycles. The Hall–Kier alpha value is -13.6. The zero-order valence-corrected chi connectivity index (χ0v) is 70.2. The molecule has 15 atom stereocenters. The number of aromatic nitrogens is 1. The molecule has 126 heavy (non-hydrogen) atoms. The average Bonchev–Trinajstić information content (AvgIpc) is 1.66. The van der Waals surface area contributed by atoms with Crippen LogP contribution in [0.3, 0.4) is 0 Å². The Morgan fingerprint density at radius 1 is 0.603 bits per heavy atom. The predicted octanol–water partition coefficient (Wildman–Crippen LogP) is 8.43. The van der Waals surface area contributed by atoms with Crippen LogP contribution in [0.15, 0.2) is 179 Å². The molecule has 0 saturated carbocycles. The summed E-state index contributed by atoms with van der Waals surface area (Å²) < 4.78 is 10.8. The highest BCUT2D eigenvalue weighted by Gasteiger charge is 2.40. The topological polar surface area (TPSA) is 663 Å². The third kappa shape index (κ3) is 29.8. The van der Waals surface area contributed by atoms with Gasteiger partial charge in [-0.15, -0.1) is 0 Å². The molecule has 1 saturated heterocycles. The van der Waals surface area contributed by atoms with Crippen molar-refractivity contribution in [1.29, 1.82) is 0 Å².